The second-order valence-electron chi connectivity index (χ2n) is 3.32. The topological polar surface area (TPSA) is 56.5 Å². The van der Waals surface area contributed by atoms with E-state index >= 15 is 0 Å². The lowest BCUT2D eigenvalue weighted by atomic mass is 10.2. The van der Waals surface area contributed by atoms with Gasteiger partial charge in [0.2, 0.25) is 0 Å². The van der Waals surface area contributed by atoms with Gasteiger partial charge < -0.3 is 14.6 Å². The van der Waals surface area contributed by atoms with Gasteiger partial charge in [0.25, 0.3) is 0 Å². The predicted octanol–water partition coefficient (Wildman–Crippen LogP) is 0.507. The van der Waals surface area contributed by atoms with Crippen LogP contribution in [0.2, 0.25) is 0 Å². The Morgan fingerprint density at radius 2 is 2.27 bits per heavy atom. The first kappa shape index (κ1) is 12.2. The quantitative estimate of drug-likeness (QED) is 0.672. The molecule has 0 aliphatic rings. The minimum atomic E-state index is -0.547. The van der Waals surface area contributed by atoms with Crippen LogP contribution in [0.5, 0.6) is 0 Å². The van der Waals surface area contributed by atoms with Crippen LogP contribution in [-0.4, -0.2) is 41.8 Å². The van der Waals surface area contributed by atoms with Crippen molar-refractivity contribution in [2.75, 3.05) is 26.9 Å². The van der Waals surface area contributed by atoms with Crippen LogP contribution in [0, 0.1) is 0 Å². The summed E-state index contributed by atoms with van der Waals surface area (Å²) in [5.74, 6) is 0. The first-order valence-electron chi connectivity index (χ1n) is 4.98. The maximum Gasteiger partial charge on any atom is 0.1000 e. The van der Waals surface area contributed by atoms with Gasteiger partial charge in [-0.15, -0.1) is 0 Å². The SMILES string of the molecule is COCCOCCC(O)c1ccn(C)n1. The van der Waals surface area contributed by atoms with Crippen LogP contribution in [0.25, 0.3) is 0 Å². The molecule has 0 aliphatic heterocycles. The van der Waals surface area contributed by atoms with Crippen LogP contribution < -0.4 is 0 Å². The van der Waals surface area contributed by atoms with E-state index in [1.54, 1.807) is 17.9 Å². The summed E-state index contributed by atoms with van der Waals surface area (Å²) >= 11 is 0. The highest BCUT2D eigenvalue weighted by Crippen LogP contribution is 2.13. The van der Waals surface area contributed by atoms with Crippen molar-refractivity contribution >= 4 is 0 Å². The van der Waals surface area contributed by atoms with Gasteiger partial charge in [0.15, 0.2) is 0 Å². The number of hydrogen-bond donors (Lipinski definition) is 1. The van der Waals surface area contributed by atoms with Crippen LogP contribution in [0.1, 0.15) is 18.2 Å². The summed E-state index contributed by atoms with van der Waals surface area (Å²) in [6.07, 6.45) is 1.82. The minimum absolute atomic E-state index is 0.515. The molecule has 5 nitrogen and oxygen atoms in total. The Morgan fingerprint density at radius 1 is 1.47 bits per heavy atom. The number of aliphatic hydroxyl groups excluding tert-OH is 1. The van der Waals surface area contributed by atoms with Gasteiger partial charge in [-0.3, -0.25) is 4.68 Å². The average Bonchev–Trinajstić information content (AvgIpc) is 2.64. The third-order valence-corrected chi connectivity index (χ3v) is 2.04. The van der Waals surface area contributed by atoms with Crippen LogP contribution in [0.15, 0.2) is 12.3 Å². The van der Waals surface area contributed by atoms with Crippen LogP contribution in [0.4, 0.5) is 0 Å². The summed E-state index contributed by atoms with van der Waals surface area (Å²) in [5, 5.41) is 13.8. The van der Waals surface area contributed by atoms with Crippen molar-refractivity contribution in [2.45, 2.75) is 12.5 Å². The maximum atomic E-state index is 9.70. The number of ether oxygens (including phenoxy) is 2. The fourth-order valence-corrected chi connectivity index (χ4v) is 1.20. The standard InChI is InChI=1S/C10H18N2O3/c1-12-5-3-9(11-12)10(13)4-6-15-8-7-14-2/h3,5,10,13H,4,6-8H2,1-2H3. The summed E-state index contributed by atoms with van der Waals surface area (Å²) in [5.41, 5.74) is 0.688. The minimum Gasteiger partial charge on any atom is -0.387 e. The molecule has 0 fully saturated rings. The van der Waals surface area contributed by atoms with Gasteiger partial charge in [0.1, 0.15) is 0 Å². The molecule has 0 aliphatic carbocycles. The summed E-state index contributed by atoms with van der Waals surface area (Å²) in [6, 6.07) is 1.81. The summed E-state index contributed by atoms with van der Waals surface area (Å²) < 4.78 is 11.8. The van der Waals surface area contributed by atoms with Gasteiger partial charge in [0, 0.05) is 33.4 Å². The highest BCUT2D eigenvalue weighted by molar-refractivity contribution is 5.02. The average molecular weight is 214 g/mol. The lowest BCUT2D eigenvalue weighted by Gasteiger charge is -2.08. The number of methoxy groups -OCH3 is 1. The highest BCUT2D eigenvalue weighted by Gasteiger charge is 2.09. The Balaban J connectivity index is 2.16. The van der Waals surface area contributed by atoms with Crippen molar-refractivity contribution in [3.63, 3.8) is 0 Å². The van der Waals surface area contributed by atoms with Crippen LogP contribution in [-0.2, 0) is 16.5 Å². The second-order valence-corrected chi connectivity index (χ2v) is 3.32. The Hall–Kier alpha value is -0.910. The third kappa shape index (κ3) is 4.42. The Morgan fingerprint density at radius 3 is 2.87 bits per heavy atom. The normalized spacial score (nSPS) is 13.0. The molecule has 1 rings (SSSR count). The predicted molar refractivity (Wildman–Crippen MR) is 55.5 cm³/mol. The molecular formula is C10H18N2O3. The van der Waals surface area contributed by atoms with Gasteiger partial charge >= 0.3 is 0 Å². The molecule has 15 heavy (non-hydrogen) atoms. The van der Waals surface area contributed by atoms with Crippen molar-refractivity contribution in [2.24, 2.45) is 7.05 Å². The van der Waals surface area contributed by atoms with E-state index in [4.69, 9.17) is 9.47 Å². The second kappa shape index (κ2) is 6.55. The number of aliphatic hydroxyl groups is 1. The number of aromatic nitrogens is 2. The van der Waals surface area contributed by atoms with Crippen LogP contribution in [0.3, 0.4) is 0 Å². The molecule has 0 amide bonds. The van der Waals surface area contributed by atoms with E-state index in [2.05, 4.69) is 5.10 Å². The van der Waals surface area contributed by atoms with Crippen molar-refractivity contribution in [3.8, 4) is 0 Å². The van der Waals surface area contributed by atoms with E-state index < -0.39 is 6.10 Å². The van der Waals surface area contributed by atoms with E-state index in [0.717, 1.165) is 0 Å². The zero-order chi connectivity index (χ0) is 11.1. The maximum absolute atomic E-state index is 9.70. The zero-order valence-corrected chi connectivity index (χ0v) is 9.22. The monoisotopic (exact) mass is 214 g/mol. The number of hydrogen-bond acceptors (Lipinski definition) is 4. The molecule has 0 saturated heterocycles. The lowest BCUT2D eigenvalue weighted by molar-refractivity contribution is 0.0466. The van der Waals surface area contributed by atoms with Gasteiger partial charge in [-0.05, 0) is 6.07 Å². The largest absolute Gasteiger partial charge is 0.387 e. The van der Waals surface area contributed by atoms with Gasteiger partial charge in [-0.2, -0.15) is 5.10 Å². The highest BCUT2D eigenvalue weighted by atomic mass is 16.5. The van der Waals surface area contributed by atoms with E-state index in [9.17, 15) is 5.11 Å². The smallest absolute Gasteiger partial charge is 0.1000 e. The molecule has 86 valence electrons. The molecule has 0 spiro atoms. The molecule has 0 aromatic carbocycles. The Kier molecular flexibility index (Phi) is 5.31. The summed E-state index contributed by atoms with van der Waals surface area (Å²) in [6.45, 7) is 1.66. The molecule has 5 heteroatoms. The fraction of sp³-hybridized carbons (Fsp3) is 0.700. The Bertz CT molecular complexity index is 275. The van der Waals surface area contributed by atoms with Gasteiger partial charge in [-0.1, -0.05) is 0 Å². The number of rotatable bonds is 7. The molecule has 1 heterocycles. The molecule has 0 saturated carbocycles. The summed E-state index contributed by atoms with van der Waals surface area (Å²) in [4.78, 5) is 0. The third-order valence-electron chi connectivity index (χ3n) is 2.04. The molecule has 1 N–H and O–H groups in total. The molecule has 1 aromatic rings. The van der Waals surface area contributed by atoms with Crippen molar-refractivity contribution in [1.29, 1.82) is 0 Å². The molecule has 1 unspecified atom stereocenters. The van der Waals surface area contributed by atoms with Crippen LogP contribution >= 0.6 is 0 Å². The summed E-state index contributed by atoms with van der Waals surface area (Å²) in [7, 11) is 3.46. The Labute approximate surface area is 89.6 Å². The molecule has 1 atom stereocenters. The van der Waals surface area contributed by atoms with Crippen molar-refractivity contribution in [3.05, 3.63) is 18.0 Å². The van der Waals surface area contributed by atoms with Gasteiger partial charge in [-0.25, -0.2) is 0 Å². The lowest BCUT2D eigenvalue weighted by Crippen LogP contribution is -2.07. The molecule has 1 aromatic heterocycles. The van der Waals surface area contributed by atoms with Gasteiger partial charge in [0.05, 0.1) is 25.0 Å². The van der Waals surface area contributed by atoms with E-state index in [1.165, 1.54) is 0 Å². The van der Waals surface area contributed by atoms with E-state index in [0.29, 0.717) is 31.9 Å². The van der Waals surface area contributed by atoms with E-state index in [-0.39, 0.29) is 0 Å². The fourth-order valence-electron chi connectivity index (χ4n) is 1.20. The van der Waals surface area contributed by atoms with E-state index in [1.807, 2.05) is 13.2 Å². The zero-order valence-electron chi connectivity index (χ0n) is 9.22. The first-order valence-corrected chi connectivity index (χ1v) is 4.98. The van der Waals surface area contributed by atoms with Crippen molar-refractivity contribution < 1.29 is 14.6 Å². The first-order chi connectivity index (χ1) is 7.24. The number of nitrogens with zero attached hydrogens (tertiary/aromatic N) is 2. The molecule has 0 bridgehead atoms. The molecular weight excluding hydrogens is 196 g/mol. The molecule has 0 radical (unpaired) electrons. The number of aryl methyl sites for hydroxylation is 1. The van der Waals surface area contributed by atoms with Crippen molar-refractivity contribution in [1.82, 2.24) is 9.78 Å².